The number of carbonyl (C=O) groups excluding carboxylic acids is 1. The number of aromatic amines is 1. The third kappa shape index (κ3) is 5.03. The van der Waals surface area contributed by atoms with Gasteiger partial charge in [0.05, 0.1) is 13.0 Å². The number of amides is 1. The van der Waals surface area contributed by atoms with Crippen LogP contribution >= 0.6 is 23.2 Å². The number of rotatable bonds is 7. The van der Waals surface area contributed by atoms with Crippen LogP contribution in [0.15, 0.2) is 46.0 Å². The molecule has 168 valence electrons. The van der Waals surface area contributed by atoms with Crippen molar-refractivity contribution in [2.45, 2.75) is 33.2 Å². The second-order valence-corrected chi connectivity index (χ2v) is 8.07. The van der Waals surface area contributed by atoms with Gasteiger partial charge in [0, 0.05) is 22.8 Å². The van der Waals surface area contributed by atoms with Crippen LogP contribution < -0.4 is 21.9 Å². The minimum absolute atomic E-state index is 0.0836. The minimum atomic E-state index is -0.738. The fourth-order valence-electron chi connectivity index (χ4n) is 3.37. The molecular weight excluding hydrogens is 453 g/mol. The molecule has 0 bridgehead atoms. The van der Waals surface area contributed by atoms with Crippen LogP contribution in [0.3, 0.4) is 0 Å². The van der Waals surface area contributed by atoms with Crippen LogP contribution in [0.5, 0.6) is 0 Å². The van der Waals surface area contributed by atoms with Crippen molar-refractivity contribution in [2.75, 3.05) is 17.2 Å². The summed E-state index contributed by atoms with van der Waals surface area (Å²) in [5.74, 6) is -0.535. The van der Waals surface area contributed by atoms with Crippen molar-refractivity contribution in [1.82, 2.24) is 14.5 Å². The summed E-state index contributed by atoms with van der Waals surface area (Å²) in [5, 5.41) is 0.430. The van der Waals surface area contributed by atoms with Gasteiger partial charge in [-0.2, -0.15) is 0 Å². The zero-order valence-corrected chi connectivity index (χ0v) is 19.2. The lowest BCUT2D eigenvalue weighted by atomic mass is 10.1. The van der Waals surface area contributed by atoms with E-state index in [4.69, 9.17) is 28.9 Å². The Bertz CT molecular complexity index is 1230. The zero-order valence-electron chi connectivity index (χ0n) is 17.7. The number of nitrogen functional groups attached to an aromatic ring is 1. The molecule has 8 nitrogen and oxygen atoms in total. The molecule has 2 aromatic heterocycles. The molecule has 0 unspecified atom stereocenters. The van der Waals surface area contributed by atoms with E-state index >= 15 is 0 Å². The highest BCUT2D eigenvalue weighted by molar-refractivity contribution is 6.35. The summed E-state index contributed by atoms with van der Waals surface area (Å²) < 4.78 is 1.23. The first-order chi connectivity index (χ1) is 15.2. The van der Waals surface area contributed by atoms with E-state index in [1.165, 1.54) is 9.47 Å². The summed E-state index contributed by atoms with van der Waals surface area (Å²) in [6.45, 7) is 3.95. The summed E-state index contributed by atoms with van der Waals surface area (Å²) in [7, 11) is 0. The molecule has 1 amide bonds. The molecule has 10 heteroatoms. The third-order valence-corrected chi connectivity index (χ3v) is 5.54. The summed E-state index contributed by atoms with van der Waals surface area (Å²) in [6, 6.07) is 10.8. The van der Waals surface area contributed by atoms with E-state index in [1.54, 1.807) is 13.0 Å². The highest BCUT2D eigenvalue weighted by Gasteiger charge is 2.25. The largest absolute Gasteiger partial charge is 0.383 e. The number of carbonyl (C=O) groups is 1. The number of anilines is 2. The first kappa shape index (κ1) is 23.6. The number of aromatic nitrogens is 3. The maximum Gasteiger partial charge on any atom is 0.330 e. The Morgan fingerprint density at radius 2 is 1.91 bits per heavy atom. The molecule has 0 saturated carbocycles. The van der Waals surface area contributed by atoms with Crippen LogP contribution in [0.4, 0.5) is 11.5 Å². The number of nitrogens with two attached hydrogens (primary N) is 1. The molecule has 32 heavy (non-hydrogen) atoms. The van der Waals surface area contributed by atoms with Crippen LogP contribution in [0.2, 0.25) is 10.2 Å². The lowest BCUT2D eigenvalue weighted by Crippen LogP contribution is -2.42. The number of pyridine rings is 1. The first-order valence-electron chi connectivity index (χ1n) is 10.0. The average Bonchev–Trinajstić information content (AvgIpc) is 2.73. The minimum Gasteiger partial charge on any atom is -0.383 e. The number of aryl methyl sites for hydroxylation is 1. The fraction of sp³-hybridized carbons (Fsp3) is 0.273. The second-order valence-electron chi connectivity index (χ2n) is 7.30. The molecule has 3 aromatic rings. The fourth-order valence-corrected chi connectivity index (χ4v) is 4.04. The van der Waals surface area contributed by atoms with Crippen molar-refractivity contribution < 1.29 is 4.79 Å². The van der Waals surface area contributed by atoms with E-state index in [9.17, 15) is 14.4 Å². The second kappa shape index (κ2) is 10.0. The number of halogens is 2. The van der Waals surface area contributed by atoms with Gasteiger partial charge in [-0.15, -0.1) is 0 Å². The Morgan fingerprint density at radius 3 is 2.53 bits per heavy atom. The molecule has 0 radical (unpaired) electrons. The molecule has 1 aromatic carbocycles. The van der Waals surface area contributed by atoms with Crippen molar-refractivity contribution in [3.05, 3.63) is 84.2 Å². The lowest BCUT2D eigenvalue weighted by Gasteiger charge is -2.24. The number of hydrogen-bond acceptors (Lipinski definition) is 5. The van der Waals surface area contributed by atoms with Gasteiger partial charge < -0.3 is 10.6 Å². The van der Waals surface area contributed by atoms with Crippen molar-refractivity contribution in [3.8, 4) is 0 Å². The Hall–Kier alpha value is -3.10. The molecule has 0 fully saturated rings. The molecule has 0 saturated heterocycles. The summed E-state index contributed by atoms with van der Waals surface area (Å²) in [4.78, 5) is 46.1. The number of nitrogens with zero attached hydrogens (tertiary/aromatic N) is 3. The van der Waals surface area contributed by atoms with Gasteiger partial charge in [-0.25, -0.2) is 9.78 Å². The van der Waals surface area contributed by atoms with Crippen molar-refractivity contribution in [1.29, 1.82) is 0 Å². The smallest absolute Gasteiger partial charge is 0.330 e. The van der Waals surface area contributed by atoms with E-state index in [0.29, 0.717) is 22.7 Å². The van der Waals surface area contributed by atoms with Crippen molar-refractivity contribution in [2.24, 2.45) is 0 Å². The topological polar surface area (TPSA) is 114 Å². The molecule has 2 heterocycles. The molecule has 0 aliphatic carbocycles. The van der Waals surface area contributed by atoms with Gasteiger partial charge in [-0.3, -0.25) is 19.1 Å². The van der Waals surface area contributed by atoms with Crippen LogP contribution in [0, 0.1) is 6.92 Å². The van der Waals surface area contributed by atoms with Gasteiger partial charge >= 0.3 is 5.69 Å². The number of H-pyrrole nitrogens is 1. The lowest BCUT2D eigenvalue weighted by molar-refractivity contribution is -0.118. The van der Waals surface area contributed by atoms with Crippen LogP contribution in [0.25, 0.3) is 0 Å². The van der Waals surface area contributed by atoms with Crippen molar-refractivity contribution in [3.63, 3.8) is 0 Å². The van der Waals surface area contributed by atoms with Crippen LogP contribution in [0.1, 0.15) is 30.2 Å². The van der Waals surface area contributed by atoms with Gasteiger partial charge in [-0.05, 0) is 25.0 Å². The standard InChI is InChI=1S/C22H23Cl2N5O3/c1-3-9-28(17(30)11-15-16(23)10-13(2)26-19(15)24)18-20(25)29(22(32)27-21(18)31)12-14-7-5-4-6-8-14/h4-8,10H,3,9,11-12,25H2,1-2H3,(H,27,31,32). The molecule has 0 aliphatic heterocycles. The van der Waals surface area contributed by atoms with Gasteiger partial charge in [0.15, 0.2) is 5.69 Å². The third-order valence-electron chi connectivity index (χ3n) is 4.89. The van der Waals surface area contributed by atoms with E-state index in [0.717, 1.165) is 5.56 Å². The number of nitrogens with one attached hydrogen (secondary N) is 1. The first-order valence-corrected chi connectivity index (χ1v) is 10.8. The Labute approximate surface area is 194 Å². The normalized spacial score (nSPS) is 10.9. The average molecular weight is 476 g/mol. The van der Waals surface area contributed by atoms with Crippen LogP contribution in [-0.2, 0) is 17.8 Å². The maximum absolute atomic E-state index is 13.2. The van der Waals surface area contributed by atoms with Crippen LogP contribution in [-0.4, -0.2) is 27.0 Å². The van der Waals surface area contributed by atoms with Gasteiger partial charge in [0.1, 0.15) is 11.0 Å². The van der Waals surface area contributed by atoms with E-state index in [-0.39, 0.29) is 36.2 Å². The van der Waals surface area contributed by atoms with Gasteiger partial charge in [-0.1, -0.05) is 60.5 Å². The van der Waals surface area contributed by atoms with Gasteiger partial charge in [0.25, 0.3) is 5.56 Å². The van der Waals surface area contributed by atoms with E-state index in [2.05, 4.69) is 9.97 Å². The van der Waals surface area contributed by atoms with Gasteiger partial charge in [0.2, 0.25) is 5.91 Å². The summed E-state index contributed by atoms with van der Waals surface area (Å²) in [5.41, 5.74) is 6.58. The van der Waals surface area contributed by atoms with Crippen molar-refractivity contribution >= 4 is 40.6 Å². The Kier molecular flexibility index (Phi) is 7.37. The summed E-state index contributed by atoms with van der Waals surface area (Å²) in [6.07, 6.45) is 0.373. The highest BCUT2D eigenvalue weighted by Crippen LogP contribution is 2.26. The molecule has 0 spiro atoms. The monoisotopic (exact) mass is 475 g/mol. The summed E-state index contributed by atoms with van der Waals surface area (Å²) >= 11 is 12.5. The Morgan fingerprint density at radius 1 is 1.22 bits per heavy atom. The van der Waals surface area contributed by atoms with E-state index in [1.807, 2.05) is 37.3 Å². The number of hydrogen-bond donors (Lipinski definition) is 2. The SMILES string of the molecule is CCCN(C(=O)Cc1c(Cl)cc(C)nc1Cl)c1c(N)n(Cc2ccccc2)c(=O)[nH]c1=O. The molecule has 3 N–H and O–H groups in total. The quantitative estimate of drug-likeness (QED) is 0.509. The highest BCUT2D eigenvalue weighted by atomic mass is 35.5. The molecule has 3 rings (SSSR count). The predicted molar refractivity (Wildman–Crippen MR) is 127 cm³/mol. The Balaban J connectivity index is 2.04. The molecule has 0 atom stereocenters. The predicted octanol–water partition coefficient (Wildman–Crippen LogP) is 3.16. The molecule has 0 aliphatic rings. The maximum atomic E-state index is 13.2. The zero-order chi connectivity index (χ0) is 23.4. The van der Waals surface area contributed by atoms with E-state index < -0.39 is 17.2 Å². The molecular formula is C22H23Cl2N5O3. The number of benzene rings is 1.